The molecule has 1 aliphatic rings. The average Bonchev–Trinajstić information content (AvgIpc) is 2.30. The molecule has 17 heavy (non-hydrogen) atoms. The van der Waals surface area contributed by atoms with Crippen molar-refractivity contribution in [2.45, 2.75) is 32.4 Å². The number of benzene rings is 1. The first-order valence-corrected chi connectivity index (χ1v) is 10.1. The molecule has 1 aromatic rings. The van der Waals surface area contributed by atoms with Gasteiger partial charge in [0.05, 0.1) is 26.3 Å². The summed E-state index contributed by atoms with van der Waals surface area (Å²) in [4.78, 5) is 0. The Morgan fingerprint density at radius 1 is 1.00 bits per heavy atom. The average molecular weight is 248 g/mol. The zero-order chi connectivity index (χ0) is 12.4. The fourth-order valence-electron chi connectivity index (χ4n) is 3.37. The molecule has 0 unspecified atom stereocenters. The molecule has 94 valence electrons. The Balaban J connectivity index is 2.11. The molecule has 0 bridgehead atoms. The number of quaternary nitrogens is 1. The first-order valence-electron chi connectivity index (χ1n) is 6.91. The van der Waals surface area contributed by atoms with E-state index >= 15 is 0 Å². The van der Waals surface area contributed by atoms with E-state index in [0.29, 0.717) is 0 Å². The van der Waals surface area contributed by atoms with Crippen LogP contribution in [-0.4, -0.2) is 38.9 Å². The maximum absolute atomic E-state index is 2.53. The summed E-state index contributed by atoms with van der Waals surface area (Å²) in [5.74, 6) is 0. The maximum Gasteiger partial charge on any atom is 0.144 e. The summed E-state index contributed by atoms with van der Waals surface area (Å²) >= 11 is 0. The van der Waals surface area contributed by atoms with E-state index in [2.05, 4.69) is 50.5 Å². The largest absolute Gasteiger partial charge is 0.329 e. The Morgan fingerprint density at radius 3 is 2.18 bits per heavy atom. The molecule has 0 spiro atoms. The van der Waals surface area contributed by atoms with Gasteiger partial charge in [-0.1, -0.05) is 48.6 Å². The molecule has 1 saturated heterocycles. The minimum atomic E-state index is -1.27. The smallest absolute Gasteiger partial charge is 0.144 e. The molecule has 2 rings (SSSR count). The molecular formula is C15H26NSi+. The Hall–Kier alpha value is -0.603. The Kier molecular flexibility index (Phi) is 3.74. The van der Waals surface area contributed by atoms with Crippen LogP contribution in [0.4, 0.5) is 0 Å². The first kappa shape index (κ1) is 12.8. The van der Waals surface area contributed by atoms with Crippen molar-refractivity contribution in [2.24, 2.45) is 0 Å². The number of piperidine rings is 1. The lowest BCUT2D eigenvalue weighted by atomic mass is 10.1. The van der Waals surface area contributed by atoms with E-state index in [1.54, 1.807) is 5.19 Å². The van der Waals surface area contributed by atoms with Gasteiger partial charge in [-0.15, -0.1) is 0 Å². The van der Waals surface area contributed by atoms with Gasteiger partial charge < -0.3 is 4.48 Å². The summed E-state index contributed by atoms with van der Waals surface area (Å²) in [6.45, 7) is 7.84. The minimum absolute atomic E-state index is 1.27. The second-order valence-electron chi connectivity index (χ2n) is 6.54. The van der Waals surface area contributed by atoms with Crippen LogP contribution >= 0.6 is 0 Å². The third kappa shape index (κ3) is 3.20. The van der Waals surface area contributed by atoms with Gasteiger partial charge >= 0.3 is 0 Å². The molecule has 0 atom stereocenters. The molecule has 0 saturated carbocycles. The van der Waals surface area contributed by atoms with E-state index < -0.39 is 8.07 Å². The maximum atomic E-state index is 2.53. The van der Waals surface area contributed by atoms with Gasteiger partial charge in [0.15, 0.2) is 0 Å². The zero-order valence-corrected chi connectivity index (χ0v) is 12.6. The van der Waals surface area contributed by atoms with Crippen LogP contribution in [0.3, 0.4) is 0 Å². The molecule has 1 fully saturated rings. The van der Waals surface area contributed by atoms with Crippen LogP contribution in [0, 0.1) is 0 Å². The zero-order valence-electron chi connectivity index (χ0n) is 11.6. The normalized spacial score (nSPS) is 20.2. The molecule has 0 N–H and O–H groups in total. The van der Waals surface area contributed by atoms with Crippen LogP contribution in [0.2, 0.25) is 13.1 Å². The quantitative estimate of drug-likeness (QED) is 0.570. The van der Waals surface area contributed by atoms with E-state index in [1.165, 1.54) is 43.0 Å². The van der Waals surface area contributed by atoms with Gasteiger partial charge in [-0.3, -0.25) is 0 Å². The van der Waals surface area contributed by atoms with Gasteiger partial charge in [-0.05, 0) is 19.3 Å². The van der Waals surface area contributed by atoms with E-state index in [0.717, 1.165) is 0 Å². The second-order valence-corrected chi connectivity index (χ2v) is 11.2. The number of hydrogen-bond donors (Lipinski definition) is 0. The molecule has 0 amide bonds. The Labute approximate surface area is 107 Å². The summed E-state index contributed by atoms with van der Waals surface area (Å²) < 4.78 is 1.31. The lowest BCUT2D eigenvalue weighted by Crippen LogP contribution is -2.61. The van der Waals surface area contributed by atoms with Gasteiger partial charge in [-0.25, -0.2) is 0 Å². The van der Waals surface area contributed by atoms with Crippen molar-refractivity contribution in [1.29, 1.82) is 0 Å². The number of likely N-dealkylation sites (tertiary alicyclic amines) is 1. The highest BCUT2D eigenvalue weighted by molar-refractivity contribution is 6.89. The van der Waals surface area contributed by atoms with Crippen LogP contribution in [0.5, 0.6) is 0 Å². The van der Waals surface area contributed by atoms with E-state index in [4.69, 9.17) is 0 Å². The fourth-order valence-corrected chi connectivity index (χ4v) is 6.87. The van der Waals surface area contributed by atoms with E-state index in [-0.39, 0.29) is 0 Å². The molecule has 0 aromatic heterocycles. The standard InChI is InChI=1S/C15H26NSi/c1-16(12-8-5-9-13-16)14-17(2,3)15-10-6-4-7-11-15/h4,6-7,10-11H,5,8-9,12-14H2,1-3H3/q+1. The number of hydrogen-bond acceptors (Lipinski definition) is 0. The topological polar surface area (TPSA) is 0 Å². The molecule has 1 nitrogen and oxygen atoms in total. The van der Waals surface area contributed by atoms with Crippen LogP contribution in [-0.2, 0) is 0 Å². The van der Waals surface area contributed by atoms with Crippen LogP contribution in [0.1, 0.15) is 19.3 Å². The second kappa shape index (κ2) is 4.95. The SMILES string of the molecule is C[N+]1(C[Si](C)(C)c2ccccc2)CCCCC1. The molecule has 1 aromatic carbocycles. The monoisotopic (exact) mass is 248 g/mol. The first-order chi connectivity index (χ1) is 8.02. The van der Waals surface area contributed by atoms with Gasteiger partial charge in [0.2, 0.25) is 0 Å². The Bertz CT molecular complexity index is 352. The number of rotatable bonds is 3. The Morgan fingerprint density at radius 2 is 1.59 bits per heavy atom. The van der Waals surface area contributed by atoms with Gasteiger partial charge in [0, 0.05) is 0 Å². The number of nitrogens with zero attached hydrogens (tertiary/aromatic N) is 1. The van der Waals surface area contributed by atoms with Crippen LogP contribution in [0.25, 0.3) is 0 Å². The molecule has 0 aliphatic carbocycles. The minimum Gasteiger partial charge on any atom is -0.329 e. The van der Waals surface area contributed by atoms with E-state index in [1.807, 2.05) is 0 Å². The highest BCUT2D eigenvalue weighted by Crippen LogP contribution is 2.19. The van der Waals surface area contributed by atoms with E-state index in [9.17, 15) is 0 Å². The summed E-state index contributed by atoms with van der Waals surface area (Å²) in [6.07, 6.45) is 5.70. The summed E-state index contributed by atoms with van der Waals surface area (Å²) in [5, 5.41) is 1.62. The molecule has 1 heterocycles. The fraction of sp³-hybridized carbons (Fsp3) is 0.600. The third-order valence-electron chi connectivity index (χ3n) is 4.23. The molecule has 0 radical (unpaired) electrons. The van der Waals surface area contributed by atoms with Crippen molar-refractivity contribution in [1.82, 2.24) is 0 Å². The van der Waals surface area contributed by atoms with Crippen LogP contribution < -0.4 is 5.19 Å². The molecular weight excluding hydrogens is 222 g/mol. The van der Waals surface area contributed by atoms with Crippen molar-refractivity contribution in [2.75, 3.05) is 26.3 Å². The van der Waals surface area contributed by atoms with Crippen LogP contribution in [0.15, 0.2) is 30.3 Å². The summed E-state index contributed by atoms with van der Waals surface area (Å²) in [7, 11) is 1.20. The highest BCUT2D eigenvalue weighted by atomic mass is 28.3. The van der Waals surface area contributed by atoms with Crippen molar-refractivity contribution < 1.29 is 4.48 Å². The third-order valence-corrected chi connectivity index (χ3v) is 7.68. The predicted octanol–water partition coefficient (Wildman–Crippen LogP) is 2.77. The predicted molar refractivity (Wildman–Crippen MR) is 78.2 cm³/mol. The highest BCUT2D eigenvalue weighted by Gasteiger charge is 2.35. The lowest BCUT2D eigenvalue weighted by molar-refractivity contribution is -0.904. The molecule has 2 heteroatoms. The van der Waals surface area contributed by atoms with Crippen molar-refractivity contribution >= 4 is 13.3 Å². The molecule has 1 aliphatic heterocycles. The van der Waals surface area contributed by atoms with Gasteiger partial charge in [0.1, 0.15) is 8.07 Å². The van der Waals surface area contributed by atoms with Gasteiger partial charge in [-0.2, -0.15) is 0 Å². The summed E-state index contributed by atoms with van der Waals surface area (Å²) in [5.41, 5.74) is 0. The lowest BCUT2D eigenvalue weighted by Gasteiger charge is -2.42. The van der Waals surface area contributed by atoms with Crippen molar-refractivity contribution in [3.63, 3.8) is 0 Å². The van der Waals surface area contributed by atoms with Gasteiger partial charge in [0.25, 0.3) is 0 Å². The van der Waals surface area contributed by atoms with Crippen molar-refractivity contribution in [3.05, 3.63) is 30.3 Å². The summed E-state index contributed by atoms with van der Waals surface area (Å²) in [6, 6.07) is 11.2. The van der Waals surface area contributed by atoms with Crippen molar-refractivity contribution in [3.8, 4) is 0 Å².